The Kier molecular flexibility index (Phi) is 4.40. The summed E-state index contributed by atoms with van der Waals surface area (Å²) in [6.45, 7) is 6.94. The van der Waals surface area contributed by atoms with Crippen molar-refractivity contribution in [3.63, 3.8) is 0 Å². The molecule has 0 spiro atoms. The Morgan fingerprint density at radius 3 is 2.46 bits per heavy atom. The Balaban J connectivity index is 2.09. The summed E-state index contributed by atoms with van der Waals surface area (Å²) in [6.07, 6.45) is 1.68. The van der Waals surface area contributed by atoms with Crippen molar-refractivity contribution in [3.05, 3.63) is 51.9 Å². The highest BCUT2D eigenvalue weighted by Gasteiger charge is 2.22. The van der Waals surface area contributed by atoms with Crippen LogP contribution >= 0.6 is 23.2 Å². The zero-order valence-electron chi connectivity index (χ0n) is 14.1. The zero-order valence-corrected chi connectivity index (χ0v) is 15.6. The Hall–Kier alpha value is -1.85. The molecule has 7 heteroatoms. The molecule has 0 amide bonds. The van der Waals surface area contributed by atoms with Crippen molar-refractivity contribution < 1.29 is 0 Å². The summed E-state index contributed by atoms with van der Waals surface area (Å²) in [5.41, 5.74) is 2.78. The number of nitrogens with zero attached hydrogens (tertiary/aromatic N) is 5. The Labute approximate surface area is 151 Å². The predicted molar refractivity (Wildman–Crippen MR) is 96.5 cm³/mol. The molecule has 2 aromatic heterocycles. The van der Waals surface area contributed by atoms with Crippen LogP contribution in [0.5, 0.6) is 0 Å². The molecule has 5 nitrogen and oxygen atoms in total. The molecule has 24 heavy (non-hydrogen) atoms. The minimum Gasteiger partial charge on any atom is -0.315 e. The quantitative estimate of drug-likeness (QED) is 0.695. The third-order valence-corrected chi connectivity index (χ3v) is 4.41. The maximum atomic E-state index is 6.33. The first-order valence-corrected chi connectivity index (χ1v) is 8.38. The second kappa shape index (κ2) is 6.22. The second-order valence-corrected chi connectivity index (χ2v) is 7.67. The largest absolute Gasteiger partial charge is 0.315 e. The van der Waals surface area contributed by atoms with Gasteiger partial charge in [-0.3, -0.25) is 4.68 Å². The van der Waals surface area contributed by atoms with Crippen LogP contribution in [0.2, 0.25) is 10.0 Å². The summed E-state index contributed by atoms with van der Waals surface area (Å²) in [7, 11) is 1.92. The number of hydrogen-bond acceptors (Lipinski definition) is 3. The van der Waals surface area contributed by atoms with E-state index in [2.05, 4.69) is 37.0 Å². The summed E-state index contributed by atoms with van der Waals surface area (Å²) in [4.78, 5) is 0. The molecular formula is C17H19Cl2N5. The van der Waals surface area contributed by atoms with Gasteiger partial charge in [-0.15, -0.1) is 10.2 Å². The van der Waals surface area contributed by atoms with E-state index in [-0.39, 0.29) is 5.41 Å². The third kappa shape index (κ3) is 3.32. The molecule has 0 N–H and O–H groups in total. The molecule has 0 saturated carbocycles. The van der Waals surface area contributed by atoms with Gasteiger partial charge in [-0.1, -0.05) is 50.0 Å². The van der Waals surface area contributed by atoms with Gasteiger partial charge >= 0.3 is 0 Å². The molecule has 0 radical (unpaired) electrons. The molecule has 2 heterocycles. The van der Waals surface area contributed by atoms with Crippen LogP contribution in [-0.4, -0.2) is 24.5 Å². The Morgan fingerprint density at radius 1 is 1.12 bits per heavy atom. The molecule has 0 atom stereocenters. The van der Waals surface area contributed by atoms with E-state index < -0.39 is 0 Å². The van der Waals surface area contributed by atoms with Crippen LogP contribution in [0.3, 0.4) is 0 Å². The van der Waals surface area contributed by atoms with Crippen molar-refractivity contribution in [2.45, 2.75) is 32.7 Å². The van der Waals surface area contributed by atoms with E-state index in [0.717, 1.165) is 22.8 Å². The SMILES string of the molecule is Cn1cnnc1-c1cc(C(C)(C)C)nn1Cc1ccc(Cl)cc1Cl. The smallest absolute Gasteiger partial charge is 0.181 e. The summed E-state index contributed by atoms with van der Waals surface area (Å²) < 4.78 is 3.79. The van der Waals surface area contributed by atoms with Crippen LogP contribution < -0.4 is 0 Å². The molecule has 0 aliphatic heterocycles. The molecule has 0 saturated heterocycles. The van der Waals surface area contributed by atoms with E-state index >= 15 is 0 Å². The van der Waals surface area contributed by atoms with E-state index in [1.54, 1.807) is 12.4 Å². The van der Waals surface area contributed by atoms with Gasteiger partial charge in [-0.25, -0.2) is 0 Å². The number of rotatable bonds is 3. The fourth-order valence-electron chi connectivity index (χ4n) is 2.41. The van der Waals surface area contributed by atoms with Gasteiger partial charge < -0.3 is 4.57 Å². The molecule has 0 bridgehead atoms. The molecule has 0 unspecified atom stereocenters. The first-order valence-electron chi connectivity index (χ1n) is 7.62. The second-order valence-electron chi connectivity index (χ2n) is 6.82. The average molecular weight is 364 g/mol. The lowest BCUT2D eigenvalue weighted by Crippen LogP contribution is -2.13. The van der Waals surface area contributed by atoms with E-state index in [9.17, 15) is 0 Å². The lowest BCUT2D eigenvalue weighted by Gasteiger charge is -2.14. The molecule has 1 aromatic carbocycles. The normalized spacial score (nSPS) is 11.9. The van der Waals surface area contributed by atoms with Gasteiger partial charge in [0.15, 0.2) is 5.82 Å². The Bertz CT molecular complexity index is 873. The molecule has 0 fully saturated rings. The van der Waals surface area contributed by atoms with Crippen molar-refractivity contribution in [2.24, 2.45) is 7.05 Å². The van der Waals surface area contributed by atoms with Gasteiger partial charge in [0, 0.05) is 22.5 Å². The van der Waals surface area contributed by atoms with Crippen LogP contribution in [-0.2, 0) is 19.0 Å². The fraction of sp³-hybridized carbons (Fsp3) is 0.353. The molecule has 126 valence electrons. The van der Waals surface area contributed by atoms with Gasteiger partial charge in [-0.05, 0) is 23.8 Å². The monoisotopic (exact) mass is 363 g/mol. The lowest BCUT2D eigenvalue weighted by atomic mass is 9.92. The number of halogens is 2. The predicted octanol–water partition coefficient (Wildman–Crippen LogP) is 4.33. The molecule has 3 aromatic rings. The van der Waals surface area contributed by atoms with Crippen LogP contribution in [0.15, 0.2) is 30.6 Å². The van der Waals surface area contributed by atoms with Gasteiger partial charge in [0.25, 0.3) is 0 Å². The fourth-order valence-corrected chi connectivity index (χ4v) is 2.88. The average Bonchev–Trinajstić information content (AvgIpc) is 3.07. The van der Waals surface area contributed by atoms with Crippen LogP contribution in [0.25, 0.3) is 11.5 Å². The van der Waals surface area contributed by atoms with Crippen molar-refractivity contribution in [3.8, 4) is 11.5 Å². The summed E-state index contributed by atoms with van der Waals surface area (Å²) in [5, 5.41) is 14.2. The summed E-state index contributed by atoms with van der Waals surface area (Å²) >= 11 is 12.3. The van der Waals surface area contributed by atoms with Crippen LogP contribution in [0.1, 0.15) is 32.0 Å². The highest BCUT2D eigenvalue weighted by atomic mass is 35.5. The van der Waals surface area contributed by atoms with E-state index in [4.69, 9.17) is 28.3 Å². The minimum absolute atomic E-state index is 0.0671. The first kappa shape index (κ1) is 17.0. The minimum atomic E-state index is -0.0671. The van der Waals surface area contributed by atoms with Crippen LogP contribution in [0, 0.1) is 0 Å². The molecule has 3 rings (SSSR count). The Morgan fingerprint density at radius 2 is 1.88 bits per heavy atom. The van der Waals surface area contributed by atoms with E-state index in [1.165, 1.54) is 0 Å². The van der Waals surface area contributed by atoms with Gasteiger partial charge in [0.05, 0.1) is 12.2 Å². The summed E-state index contributed by atoms with van der Waals surface area (Å²) in [5.74, 6) is 0.767. The molecule has 0 aliphatic carbocycles. The standard InChI is InChI=1S/C17H19Cl2N5/c1-17(2,3)15-8-14(16-21-20-10-23(16)4)24(22-15)9-11-5-6-12(18)7-13(11)19/h5-8,10H,9H2,1-4H3. The topological polar surface area (TPSA) is 48.5 Å². The first-order chi connectivity index (χ1) is 11.3. The number of hydrogen-bond donors (Lipinski definition) is 0. The molecule has 0 aliphatic rings. The maximum absolute atomic E-state index is 6.33. The lowest BCUT2D eigenvalue weighted by molar-refractivity contribution is 0.545. The summed E-state index contributed by atoms with van der Waals surface area (Å²) in [6, 6.07) is 7.56. The molecular weight excluding hydrogens is 345 g/mol. The third-order valence-electron chi connectivity index (χ3n) is 3.82. The van der Waals surface area contributed by atoms with Crippen molar-refractivity contribution in [1.82, 2.24) is 24.5 Å². The van der Waals surface area contributed by atoms with Gasteiger partial charge in [0.2, 0.25) is 0 Å². The number of aryl methyl sites for hydroxylation is 1. The highest BCUT2D eigenvalue weighted by molar-refractivity contribution is 6.35. The number of benzene rings is 1. The van der Waals surface area contributed by atoms with Gasteiger partial charge in [-0.2, -0.15) is 5.10 Å². The zero-order chi connectivity index (χ0) is 17.5. The van der Waals surface area contributed by atoms with Gasteiger partial charge in [0.1, 0.15) is 12.0 Å². The highest BCUT2D eigenvalue weighted by Crippen LogP contribution is 2.28. The van der Waals surface area contributed by atoms with Crippen molar-refractivity contribution in [2.75, 3.05) is 0 Å². The maximum Gasteiger partial charge on any atom is 0.181 e. The van der Waals surface area contributed by atoms with Crippen molar-refractivity contribution in [1.29, 1.82) is 0 Å². The van der Waals surface area contributed by atoms with E-state index in [0.29, 0.717) is 16.6 Å². The van der Waals surface area contributed by atoms with Crippen LogP contribution in [0.4, 0.5) is 0 Å². The van der Waals surface area contributed by atoms with E-state index in [1.807, 2.05) is 28.4 Å². The number of aromatic nitrogens is 5. The van der Waals surface area contributed by atoms with Crippen molar-refractivity contribution >= 4 is 23.2 Å².